The number of hydrogen-bond acceptors (Lipinski definition) is 3. The molecule has 2 aromatic rings. The van der Waals surface area contributed by atoms with Gasteiger partial charge in [0, 0.05) is 9.26 Å². The van der Waals surface area contributed by atoms with Gasteiger partial charge in [-0.3, -0.25) is 4.72 Å². The first-order chi connectivity index (χ1) is 9.29. The van der Waals surface area contributed by atoms with Gasteiger partial charge in [0.2, 0.25) is 0 Å². The topological polar surface area (TPSA) is 72.2 Å². The van der Waals surface area contributed by atoms with Gasteiger partial charge in [-0.2, -0.15) is 0 Å². The number of benzene rings is 2. The highest BCUT2D eigenvalue weighted by molar-refractivity contribution is 14.1. The van der Waals surface area contributed by atoms with Crippen molar-refractivity contribution in [3.05, 3.63) is 50.0 Å². The SMILES string of the molecule is Nc1ccc(Cl)c(S(=O)(=O)Nc2ccc(I)cc2Cl)c1. The minimum atomic E-state index is -3.85. The number of nitrogen functional groups attached to an aromatic ring is 1. The fourth-order valence-corrected chi connectivity index (χ4v) is 4.07. The van der Waals surface area contributed by atoms with Gasteiger partial charge in [0.1, 0.15) is 4.90 Å². The van der Waals surface area contributed by atoms with E-state index in [-0.39, 0.29) is 15.6 Å². The van der Waals surface area contributed by atoms with Crippen molar-refractivity contribution < 1.29 is 8.42 Å². The molecular formula is C12H9Cl2IN2O2S. The molecule has 0 atom stereocenters. The Kier molecular flexibility index (Phi) is 4.68. The first kappa shape index (κ1) is 15.7. The van der Waals surface area contributed by atoms with Crippen LogP contribution in [0.25, 0.3) is 0 Å². The standard InChI is InChI=1S/C12H9Cl2IN2O2S/c13-9-3-2-8(16)6-12(9)20(18,19)17-11-4-1-7(15)5-10(11)14/h1-6,17H,16H2. The number of nitrogens with two attached hydrogens (primary N) is 1. The lowest BCUT2D eigenvalue weighted by molar-refractivity contribution is 0.601. The van der Waals surface area contributed by atoms with Gasteiger partial charge in [0.15, 0.2) is 0 Å². The molecule has 0 fully saturated rings. The second kappa shape index (κ2) is 5.97. The molecule has 4 nitrogen and oxygen atoms in total. The molecular weight excluding hydrogens is 434 g/mol. The van der Waals surface area contributed by atoms with Crippen LogP contribution in [0.4, 0.5) is 11.4 Å². The number of rotatable bonds is 3. The zero-order chi connectivity index (χ0) is 14.9. The van der Waals surface area contributed by atoms with E-state index in [2.05, 4.69) is 27.3 Å². The van der Waals surface area contributed by atoms with E-state index in [0.717, 1.165) is 3.57 Å². The quantitative estimate of drug-likeness (QED) is 0.557. The third kappa shape index (κ3) is 3.49. The molecule has 2 aromatic carbocycles. The van der Waals surface area contributed by atoms with E-state index in [1.165, 1.54) is 18.2 Å². The molecule has 2 rings (SSSR count). The molecule has 0 aliphatic heterocycles. The summed E-state index contributed by atoms with van der Waals surface area (Å²) in [5.74, 6) is 0. The Morgan fingerprint density at radius 2 is 1.75 bits per heavy atom. The van der Waals surface area contributed by atoms with Gasteiger partial charge in [0.25, 0.3) is 10.0 Å². The maximum absolute atomic E-state index is 12.3. The van der Waals surface area contributed by atoms with E-state index in [0.29, 0.717) is 10.7 Å². The van der Waals surface area contributed by atoms with Crippen LogP contribution in [0.1, 0.15) is 0 Å². The second-order valence-electron chi connectivity index (χ2n) is 3.92. The van der Waals surface area contributed by atoms with Crippen LogP contribution < -0.4 is 10.5 Å². The fraction of sp³-hybridized carbons (Fsp3) is 0. The van der Waals surface area contributed by atoms with Gasteiger partial charge in [-0.25, -0.2) is 8.42 Å². The van der Waals surface area contributed by atoms with Crippen molar-refractivity contribution >= 4 is 67.2 Å². The van der Waals surface area contributed by atoms with Crippen molar-refractivity contribution in [3.63, 3.8) is 0 Å². The first-order valence-electron chi connectivity index (χ1n) is 5.32. The van der Waals surface area contributed by atoms with Crippen LogP contribution in [0.15, 0.2) is 41.3 Å². The predicted molar refractivity (Wildman–Crippen MR) is 90.8 cm³/mol. The highest BCUT2D eigenvalue weighted by Crippen LogP contribution is 2.29. The molecule has 0 aliphatic carbocycles. The van der Waals surface area contributed by atoms with Crippen molar-refractivity contribution in [1.29, 1.82) is 0 Å². The summed E-state index contributed by atoms with van der Waals surface area (Å²) in [6, 6.07) is 9.24. The lowest BCUT2D eigenvalue weighted by Gasteiger charge is -2.11. The van der Waals surface area contributed by atoms with Gasteiger partial charge in [-0.15, -0.1) is 0 Å². The fourth-order valence-electron chi connectivity index (χ4n) is 1.50. The second-order valence-corrected chi connectivity index (χ2v) is 7.63. The molecule has 0 saturated carbocycles. The smallest absolute Gasteiger partial charge is 0.263 e. The maximum atomic E-state index is 12.3. The highest BCUT2D eigenvalue weighted by atomic mass is 127. The maximum Gasteiger partial charge on any atom is 0.263 e. The molecule has 0 saturated heterocycles. The number of anilines is 2. The molecule has 0 aliphatic rings. The first-order valence-corrected chi connectivity index (χ1v) is 8.64. The van der Waals surface area contributed by atoms with Gasteiger partial charge >= 0.3 is 0 Å². The predicted octanol–water partition coefficient (Wildman–Crippen LogP) is 3.98. The summed E-state index contributed by atoms with van der Waals surface area (Å²) in [7, 11) is -3.85. The molecule has 3 N–H and O–H groups in total. The molecule has 0 spiro atoms. The Morgan fingerprint density at radius 1 is 1.05 bits per heavy atom. The van der Waals surface area contributed by atoms with E-state index in [1.54, 1.807) is 18.2 Å². The molecule has 0 unspecified atom stereocenters. The van der Waals surface area contributed by atoms with Crippen LogP contribution >= 0.6 is 45.8 Å². The Morgan fingerprint density at radius 3 is 2.40 bits per heavy atom. The highest BCUT2D eigenvalue weighted by Gasteiger charge is 2.19. The number of sulfonamides is 1. The molecule has 8 heteroatoms. The normalized spacial score (nSPS) is 11.3. The monoisotopic (exact) mass is 442 g/mol. The van der Waals surface area contributed by atoms with Gasteiger partial charge < -0.3 is 5.73 Å². The van der Waals surface area contributed by atoms with E-state index in [1.807, 2.05) is 0 Å². The molecule has 0 radical (unpaired) electrons. The largest absolute Gasteiger partial charge is 0.399 e. The zero-order valence-electron chi connectivity index (χ0n) is 9.90. The van der Waals surface area contributed by atoms with E-state index < -0.39 is 10.0 Å². The summed E-state index contributed by atoms with van der Waals surface area (Å²) < 4.78 is 27.9. The van der Waals surface area contributed by atoms with E-state index >= 15 is 0 Å². The third-order valence-electron chi connectivity index (χ3n) is 2.42. The molecule has 106 valence electrons. The van der Waals surface area contributed by atoms with Gasteiger partial charge in [0.05, 0.1) is 15.7 Å². The molecule has 0 amide bonds. The number of nitrogens with one attached hydrogen (secondary N) is 1. The Hall–Kier alpha value is -0.700. The van der Waals surface area contributed by atoms with Crippen molar-refractivity contribution in [2.45, 2.75) is 4.90 Å². The number of hydrogen-bond donors (Lipinski definition) is 2. The minimum absolute atomic E-state index is 0.0891. The van der Waals surface area contributed by atoms with Crippen molar-refractivity contribution in [2.75, 3.05) is 10.5 Å². The Bertz CT molecular complexity index is 766. The summed E-state index contributed by atoms with van der Waals surface area (Å²) in [5.41, 5.74) is 6.18. The minimum Gasteiger partial charge on any atom is -0.399 e. The van der Waals surface area contributed by atoms with Crippen LogP contribution in [0.5, 0.6) is 0 Å². The van der Waals surface area contributed by atoms with Crippen LogP contribution in [-0.4, -0.2) is 8.42 Å². The van der Waals surface area contributed by atoms with Crippen LogP contribution in [0.2, 0.25) is 10.0 Å². The summed E-state index contributed by atoms with van der Waals surface area (Å²) in [6.45, 7) is 0. The van der Waals surface area contributed by atoms with Gasteiger partial charge in [-0.05, 0) is 59.0 Å². The molecule has 0 heterocycles. The number of halogens is 3. The van der Waals surface area contributed by atoms with E-state index in [9.17, 15) is 8.42 Å². The average molecular weight is 443 g/mol. The summed E-state index contributed by atoms with van der Waals surface area (Å²) in [5, 5.41) is 0.397. The van der Waals surface area contributed by atoms with Gasteiger partial charge in [-0.1, -0.05) is 23.2 Å². The lowest BCUT2D eigenvalue weighted by atomic mass is 10.3. The summed E-state index contributed by atoms with van der Waals surface area (Å²) >= 11 is 14.0. The van der Waals surface area contributed by atoms with Crippen molar-refractivity contribution in [1.82, 2.24) is 0 Å². The van der Waals surface area contributed by atoms with Crippen LogP contribution in [0.3, 0.4) is 0 Å². The van der Waals surface area contributed by atoms with Crippen molar-refractivity contribution in [2.24, 2.45) is 0 Å². The summed E-state index contributed by atoms with van der Waals surface area (Å²) in [4.78, 5) is -0.0891. The molecule has 0 aromatic heterocycles. The lowest BCUT2D eigenvalue weighted by Crippen LogP contribution is -2.14. The Balaban J connectivity index is 2.43. The van der Waals surface area contributed by atoms with E-state index in [4.69, 9.17) is 28.9 Å². The zero-order valence-corrected chi connectivity index (χ0v) is 14.4. The molecule has 20 heavy (non-hydrogen) atoms. The summed E-state index contributed by atoms with van der Waals surface area (Å²) in [6.07, 6.45) is 0. The van der Waals surface area contributed by atoms with Crippen LogP contribution in [0, 0.1) is 3.57 Å². The van der Waals surface area contributed by atoms with Crippen LogP contribution in [-0.2, 0) is 10.0 Å². The van der Waals surface area contributed by atoms with Crippen molar-refractivity contribution in [3.8, 4) is 0 Å². The third-order valence-corrected chi connectivity index (χ3v) is 5.25. The average Bonchev–Trinajstić information content (AvgIpc) is 2.35. The molecule has 0 bridgehead atoms. The Labute approximate surface area is 140 Å².